The van der Waals surface area contributed by atoms with E-state index in [1.165, 1.54) is 0 Å². The SMILES string of the molecule is Cc1ccc(OF)cc1C. The highest BCUT2D eigenvalue weighted by molar-refractivity contribution is 5.33. The molecule has 0 radical (unpaired) electrons. The van der Waals surface area contributed by atoms with Gasteiger partial charge < -0.3 is 0 Å². The van der Waals surface area contributed by atoms with Gasteiger partial charge in [-0.1, -0.05) is 6.07 Å². The number of halogens is 1. The lowest BCUT2D eigenvalue weighted by molar-refractivity contribution is -0.00627. The highest BCUT2D eigenvalue weighted by Gasteiger charge is 1.95. The fourth-order valence-electron chi connectivity index (χ4n) is 0.762. The van der Waals surface area contributed by atoms with E-state index in [-0.39, 0.29) is 5.75 Å². The molecule has 0 saturated carbocycles. The minimum atomic E-state index is 0.267. The quantitative estimate of drug-likeness (QED) is 0.582. The van der Waals surface area contributed by atoms with Crippen LogP contribution in [0.25, 0.3) is 0 Å². The second kappa shape index (κ2) is 2.69. The predicted molar refractivity (Wildman–Crippen MR) is 37.7 cm³/mol. The first-order chi connectivity index (χ1) is 4.74. The van der Waals surface area contributed by atoms with Gasteiger partial charge in [-0.2, -0.15) is 0 Å². The van der Waals surface area contributed by atoms with Crippen molar-refractivity contribution in [3.05, 3.63) is 29.3 Å². The molecule has 0 N–H and O–H groups in total. The molecule has 0 heterocycles. The smallest absolute Gasteiger partial charge is 0.172 e. The van der Waals surface area contributed by atoms with E-state index in [9.17, 15) is 4.53 Å². The van der Waals surface area contributed by atoms with Crippen molar-refractivity contribution in [2.24, 2.45) is 0 Å². The molecule has 0 amide bonds. The number of hydrogen-bond donors (Lipinski definition) is 0. The minimum absolute atomic E-state index is 0.267. The molecule has 0 bridgehead atoms. The van der Waals surface area contributed by atoms with Gasteiger partial charge in [0.1, 0.15) is 0 Å². The van der Waals surface area contributed by atoms with Crippen molar-refractivity contribution in [1.29, 1.82) is 0 Å². The van der Waals surface area contributed by atoms with E-state index in [0.717, 1.165) is 11.1 Å². The van der Waals surface area contributed by atoms with Crippen molar-refractivity contribution in [1.82, 2.24) is 0 Å². The van der Waals surface area contributed by atoms with Crippen LogP contribution in [0.1, 0.15) is 11.1 Å². The average Bonchev–Trinajstić information content (AvgIpc) is 1.95. The van der Waals surface area contributed by atoms with Crippen molar-refractivity contribution in [3.63, 3.8) is 0 Å². The zero-order chi connectivity index (χ0) is 7.56. The number of hydrogen-bond acceptors (Lipinski definition) is 1. The molecule has 0 aliphatic carbocycles. The first-order valence-electron chi connectivity index (χ1n) is 3.10. The lowest BCUT2D eigenvalue weighted by atomic mass is 10.1. The van der Waals surface area contributed by atoms with E-state index in [4.69, 9.17) is 0 Å². The summed E-state index contributed by atoms with van der Waals surface area (Å²) in [5.41, 5.74) is 2.18. The molecule has 0 aromatic heterocycles. The zero-order valence-electron chi connectivity index (χ0n) is 6.02. The van der Waals surface area contributed by atoms with Crippen molar-refractivity contribution < 1.29 is 9.47 Å². The zero-order valence-corrected chi connectivity index (χ0v) is 6.02. The van der Waals surface area contributed by atoms with E-state index < -0.39 is 0 Å². The molecule has 1 nitrogen and oxygen atoms in total. The number of rotatable bonds is 1. The van der Waals surface area contributed by atoms with Gasteiger partial charge in [-0.05, 0) is 37.1 Å². The van der Waals surface area contributed by atoms with Crippen LogP contribution in [0.15, 0.2) is 18.2 Å². The van der Waals surface area contributed by atoms with Gasteiger partial charge in [0.05, 0.1) is 0 Å². The molecular formula is C8H9FO. The monoisotopic (exact) mass is 140 g/mol. The van der Waals surface area contributed by atoms with Crippen LogP contribution >= 0.6 is 0 Å². The molecule has 0 aliphatic rings. The van der Waals surface area contributed by atoms with Crippen molar-refractivity contribution >= 4 is 0 Å². The molecule has 0 spiro atoms. The van der Waals surface area contributed by atoms with Crippen LogP contribution in [0.2, 0.25) is 0 Å². The summed E-state index contributed by atoms with van der Waals surface area (Å²) < 4.78 is 11.5. The van der Waals surface area contributed by atoms with Gasteiger partial charge in [0, 0.05) is 4.53 Å². The summed E-state index contributed by atoms with van der Waals surface area (Å²) in [5.74, 6) is 0.267. The Balaban J connectivity index is 3.04. The Morgan fingerprint density at radius 3 is 2.40 bits per heavy atom. The maximum atomic E-state index is 11.5. The average molecular weight is 140 g/mol. The van der Waals surface area contributed by atoms with Crippen LogP contribution < -0.4 is 4.94 Å². The van der Waals surface area contributed by atoms with Crippen molar-refractivity contribution in [3.8, 4) is 5.75 Å². The summed E-state index contributed by atoms with van der Waals surface area (Å²) in [6.07, 6.45) is 0. The Morgan fingerprint density at radius 2 is 1.90 bits per heavy atom. The Labute approximate surface area is 59.3 Å². The Bertz CT molecular complexity index is 233. The molecule has 0 saturated heterocycles. The molecule has 1 aromatic carbocycles. The molecule has 2 heteroatoms. The third-order valence-electron chi connectivity index (χ3n) is 1.57. The van der Waals surface area contributed by atoms with Gasteiger partial charge in [-0.25, -0.2) is 0 Å². The van der Waals surface area contributed by atoms with Crippen LogP contribution in [0.5, 0.6) is 5.75 Å². The molecule has 0 fully saturated rings. The van der Waals surface area contributed by atoms with Crippen LogP contribution in [0, 0.1) is 13.8 Å². The van der Waals surface area contributed by atoms with Crippen LogP contribution in [0.4, 0.5) is 4.53 Å². The summed E-state index contributed by atoms with van der Waals surface area (Å²) in [5, 5.41) is 0. The van der Waals surface area contributed by atoms with Crippen LogP contribution in [0.3, 0.4) is 0 Å². The van der Waals surface area contributed by atoms with E-state index >= 15 is 0 Å². The predicted octanol–water partition coefficient (Wildman–Crippen LogP) is 2.57. The molecule has 0 aliphatic heterocycles. The Kier molecular flexibility index (Phi) is 1.90. The normalized spacial score (nSPS) is 9.50. The second-order valence-corrected chi connectivity index (χ2v) is 2.32. The summed E-state index contributed by atoms with van der Waals surface area (Å²) in [6.45, 7) is 3.88. The van der Waals surface area contributed by atoms with E-state index in [0.29, 0.717) is 0 Å². The molecule has 0 atom stereocenters. The summed E-state index contributed by atoms with van der Waals surface area (Å²) in [7, 11) is 0. The van der Waals surface area contributed by atoms with Gasteiger partial charge in [0.15, 0.2) is 5.75 Å². The summed E-state index contributed by atoms with van der Waals surface area (Å²) in [6, 6.07) is 5.09. The number of benzene rings is 1. The van der Waals surface area contributed by atoms with E-state index in [2.05, 4.69) is 4.94 Å². The molecule has 54 valence electrons. The van der Waals surface area contributed by atoms with Gasteiger partial charge in [0.25, 0.3) is 0 Å². The lowest BCUT2D eigenvalue weighted by Crippen LogP contribution is -1.81. The van der Waals surface area contributed by atoms with Gasteiger partial charge in [-0.15, -0.1) is 0 Å². The minimum Gasteiger partial charge on any atom is -0.294 e. The van der Waals surface area contributed by atoms with Crippen molar-refractivity contribution in [2.75, 3.05) is 0 Å². The topological polar surface area (TPSA) is 9.23 Å². The van der Waals surface area contributed by atoms with Gasteiger partial charge in [-0.3, -0.25) is 4.94 Å². The molecule has 0 unspecified atom stereocenters. The van der Waals surface area contributed by atoms with E-state index in [1.54, 1.807) is 12.1 Å². The first-order valence-corrected chi connectivity index (χ1v) is 3.10. The third-order valence-corrected chi connectivity index (χ3v) is 1.57. The third kappa shape index (κ3) is 1.26. The highest BCUT2D eigenvalue weighted by Crippen LogP contribution is 2.16. The standard InChI is InChI=1S/C8H9FO/c1-6-3-4-8(10-9)5-7(6)2/h3-5H,1-2H3. The van der Waals surface area contributed by atoms with E-state index in [1.807, 2.05) is 19.9 Å². The highest BCUT2D eigenvalue weighted by atomic mass is 19.3. The lowest BCUT2D eigenvalue weighted by Gasteiger charge is -1.98. The van der Waals surface area contributed by atoms with Gasteiger partial charge in [0.2, 0.25) is 0 Å². The largest absolute Gasteiger partial charge is 0.294 e. The number of aryl methyl sites for hydroxylation is 2. The fourth-order valence-corrected chi connectivity index (χ4v) is 0.762. The van der Waals surface area contributed by atoms with Gasteiger partial charge >= 0.3 is 0 Å². The van der Waals surface area contributed by atoms with Crippen LogP contribution in [-0.2, 0) is 0 Å². The first kappa shape index (κ1) is 7.06. The van der Waals surface area contributed by atoms with Crippen LogP contribution in [-0.4, -0.2) is 0 Å². The molecular weight excluding hydrogens is 131 g/mol. The maximum absolute atomic E-state index is 11.5. The molecule has 1 aromatic rings. The fraction of sp³-hybridized carbons (Fsp3) is 0.250. The second-order valence-electron chi connectivity index (χ2n) is 2.32. The summed E-state index contributed by atoms with van der Waals surface area (Å²) in [4.78, 5) is 3.55. The molecule has 1 rings (SSSR count). The maximum Gasteiger partial charge on any atom is 0.172 e. The summed E-state index contributed by atoms with van der Waals surface area (Å²) >= 11 is 0. The molecule has 10 heavy (non-hydrogen) atoms. The Hall–Kier alpha value is -1.05. The van der Waals surface area contributed by atoms with Crippen molar-refractivity contribution in [2.45, 2.75) is 13.8 Å². The Morgan fingerprint density at radius 1 is 1.20 bits per heavy atom.